The van der Waals surface area contributed by atoms with E-state index >= 15 is 0 Å². The fraction of sp³-hybridized carbons (Fsp3) is 0.143. The summed E-state index contributed by atoms with van der Waals surface area (Å²) in [4.78, 5) is 45.3. The number of esters is 1. The highest BCUT2D eigenvalue weighted by Crippen LogP contribution is 2.33. The molecule has 0 aliphatic rings. The zero-order valence-electron chi connectivity index (χ0n) is 24.4. The minimum atomic E-state index is -0.368. The maximum Gasteiger partial charge on any atom is 0.338 e. The number of aromatic nitrogens is 3. The zero-order chi connectivity index (χ0) is 30.8. The third kappa shape index (κ3) is 5.52. The molecule has 0 spiro atoms. The number of ether oxygens (including phenoxy) is 1. The Bertz CT molecular complexity index is 2040. The van der Waals surface area contributed by atoms with Gasteiger partial charge in [-0.3, -0.25) is 14.2 Å². The first-order valence-electron chi connectivity index (χ1n) is 14.1. The second-order valence-electron chi connectivity index (χ2n) is 10.2. The van der Waals surface area contributed by atoms with Crippen LogP contribution in [0.25, 0.3) is 32.7 Å². The lowest BCUT2D eigenvalue weighted by Gasteiger charge is -2.13. The molecule has 0 radical (unpaired) electrons. The molecule has 0 N–H and O–H groups in total. The summed E-state index contributed by atoms with van der Waals surface area (Å²) in [7, 11) is 0. The lowest BCUT2D eigenvalue weighted by atomic mass is 10.1. The van der Waals surface area contributed by atoms with E-state index < -0.39 is 0 Å². The number of carbonyl (C=O) groups is 2. The average Bonchev–Trinajstić information content (AvgIpc) is 3.61. The van der Waals surface area contributed by atoms with Gasteiger partial charge in [0, 0.05) is 33.6 Å². The molecule has 0 unspecified atom stereocenters. The van der Waals surface area contributed by atoms with Crippen LogP contribution >= 0.6 is 23.1 Å². The van der Waals surface area contributed by atoms with Crippen molar-refractivity contribution in [1.29, 1.82) is 0 Å². The fourth-order valence-electron chi connectivity index (χ4n) is 5.32. The molecular formula is C35H29N3O4S2. The first-order valence-corrected chi connectivity index (χ1v) is 16.0. The molecule has 0 saturated carbocycles. The number of rotatable bonds is 9. The molecule has 3 aromatic carbocycles. The van der Waals surface area contributed by atoms with Crippen molar-refractivity contribution in [2.24, 2.45) is 0 Å². The predicted molar refractivity (Wildman–Crippen MR) is 177 cm³/mol. The SMILES string of the molecule is CCOC(=O)c1ccc(-n2c(C)cc(C(=O)CSc3nc4scc(-c5ccccc5)c4c(=O)n3-c3ccccc3)c2C)cc1. The third-order valence-corrected chi connectivity index (χ3v) is 9.19. The molecule has 7 nitrogen and oxygen atoms in total. The van der Waals surface area contributed by atoms with E-state index in [1.165, 1.54) is 23.1 Å². The van der Waals surface area contributed by atoms with Gasteiger partial charge in [-0.05, 0) is 68.8 Å². The summed E-state index contributed by atoms with van der Waals surface area (Å²) in [6, 6.07) is 28.2. The molecule has 0 saturated heterocycles. The van der Waals surface area contributed by atoms with Gasteiger partial charge in [-0.2, -0.15) is 0 Å². The Morgan fingerprint density at radius 1 is 0.886 bits per heavy atom. The van der Waals surface area contributed by atoms with Gasteiger partial charge >= 0.3 is 5.97 Å². The van der Waals surface area contributed by atoms with Crippen LogP contribution in [0.2, 0.25) is 0 Å². The van der Waals surface area contributed by atoms with Gasteiger partial charge < -0.3 is 9.30 Å². The molecule has 0 bridgehead atoms. The average molecular weight is 620 g/mol. The quantitative estimate of drug-likeness (QED) is 0.0715. The maximum absolute atomic E-state index is 14.1. The van der Waals surface area contributed by atoms with Crippen molar-refractivity contribution in [3.63, 3.8) is 0 Å². The summed E-state index contributed by atoms with van der Waals surface area (Å²) in [5, 5.41) is 3.00. The zero-order valence-corrected chi connectivity index (χ0v) is 26.1. The highest BCUT2D eigenvalue weighted by atomic mass is 32.2. The summed E-state index contributed by atoms with van der Waals surface area (Å²) in [6.07, 6.45) is 0. The number of benzene rings is 3. The Morgan fingerprint density at radius 2 is 1.55 bits per heavy atom. The van der Waals surface area contributed by atoms with Crippen LogP contribution in [-0.4, -0.2) is 38.2 Å². The Kier molecular flexibility index (Phi) is 8.32. The first kappa shape index (κ1) is 29.3. The van der Waals surface area contributed by atoms with Gasteiger partial charge in [0.2, 0.25) is 0 Å². The van der Waals surface area contributed by atoms with E-state index in [9.17, 15) is 14.4 Å². The van der Waals surface area contributed by atoms with Crippen LogP contribution in [0.5, 0.6) is 0 Å². The Labute approximate surface area is 262 Å². The molecule has 9 heteroatoms. The van der Waals surface area contributed by atoms with Crippen LogP contribution < -0.4 is 5.56 Å². The van der Waals surface area contributed by atoms with Gasteiger partial charge in [0.05, 0.1) is 29.0 Å². The van der Waals surface area contributed by atoms with Crippen LogP contribution in [0.1, 0.15) is 39.0 Å². The molecule has 0 aliphatic carbocycles. The van der Waals surface area contributed by atoms with Crippen molar-refractivity contribution in [2.75, 3.05) is 12.4 Å². The van der Waals surface area contributed by atoms with E-state index in [2.05, 4.69) is 0 Å². The molecule has 0 atom stereocenters. The lowest BCUT2D eigenvalue weighted by Crippen LogP contribution is -2.22. The van der Waals surface area contributed by atoms with Gasteiger partial charge in [0.15, 0.2) is 10.9 Å². The van der Waals surface area contributed by atoms with Crippen molar-refractivity contribution in [3.05, 3.63) is 129 Å². The van der Waals surface area contributed by atoms with E-state index in [0.717, 1.165) is 28.2 Å². The maximum atomic E-state index is 14.1. The van der Waals surface area contributed by atoms with Crippen molar-refractivity contribution in [3.8, 4) is 22.5 Å². The van der Waals surface area contributed by atoms with Crippen LogP contribution in [0.4, 0.5) is 0 Å². The first-order chi connectivity index (χ1) is 21.4. The second-order valence-corrected chi connectivity index (χ2v) is 12.0. The number of Topliss-reactive ketones (excluding diaryl/α,β-unsaturated/α-hetero) is 1. The topological polar surface area (TPSA) is 83.2 Å². The fourth-order valence-corrected chi connectivity index (χ4v) is 7.20. The van der Waals surface area contributed by atoms with E-state index in [0.29, 0.717) is 38.8 Å². The third-order valence-electron chi connectivity index (χ3n) is 7.38. The number of fused-ring (bicyclic) bond motifs is 1. The summed E-state index contributed by atoms with van der Waals surface area (Å²) in [6.45, 7) is 5.94. The summed E-state index contributed by atoms with van der Waals surface area (Å²) >= 11 is 2.68. The summed E-state index contributed by atoms with van der Waals surface area (Å²) < 4.78 is 8.69. The Hall–Kier alpha value is -4.73. The van der Waals surface area contributed by atoms with Crippen LogP contribution in [0.3, 0.4) is 0 Å². The van der Waals surface area contributed by atoms with E-state index in [4.69, 9.17) is 9.72 Å². The van der Waals surface area contributed by atoms with Crippen molar-refractivity contribution < 1.29 is 14.3 Å². The molecule has 6 aromatic rings. The minimum absolute atomic E-state index is 0.0670. The van der Waals surface area contributed by atoms with Crippen LogP contribution in [0.15, 0.2) is 106 Å². The highest BCUT2D eigenvalue weighted by Gasteiger charge is 2.22. The number of carbonyl (C=O) groups excluding carboxylic acids is 2. The lowest BCUT2D eigenvalue weighted by molar-refractivity contribution is 0.0526. The Balaban J connectivity index is 1.32. The number of hydrogen-bond donors (Lipinski definition) is 0. The molecule has 44 heavy (non-hydrogen) atoms. The molecular weight excluding hydrogens is 591 g/mol. The number of thiophene rings is 1. The predicted octanol–water partition coefficient (Wildman–Crippen LogP) is 7.67. The van der Waals surface area contributed by atoms with Gasteiger partial charge in [0.25, 0.3) is 5.56 Å². The van der Waals surface area contributed by atoms with Crippen molar-refractivity contribution in [1.82, 2.24) is 14.1 Å². The largest absolute Gasteiger partial charge is 0.462 e. The van der Waals surface area contributed by atoms with Crippen LogP contribution in [-0.2, 0) is 4.74 Å². The van der Waals surface area contributed by atoms with Gasteiger partial charge in [-0.25, -0.2) is 9.78 Å². The number of ketones is 1. The molecule has 0 amide bonds. The number of aryl methyl sites for hydroxylation is 1. The smallest absolute Gasteiger partial charge is 0.338 e. The number of nitrogens with zero attached hydrogens (tertiary/aromatic N) is 3. The highest BCUT2D eigenvalue weighted by molar-refractivity contribution is 7.99. The monoisotopic (exact) mass is 619 g/mol. The van der Waals surface area contributed by atoms with Gasteiger partial charge in [-0.15, -0.1) is 11.3 Å². The van der Waals surface area contributed by atoms with Gasteiger partial charge in [0.1, 0.15) is 4.83 Å². The minimum Gasteiger partial charge on any atom is -0.462 e. The van der Waals surface area contributed by atoms with Crippen molar-refractivity contribution >= 4 is 45.1 Å². The summed E-state index contributed by atoms with van der Waals surface area (Å²) in [5.41, 5.74) is 5.94. The van der Waals surface area contributed by atoms with E-state index in [-0.39, 0.29) is 23.1 Å². The van der Waals surface area contributed by atoms with Crippen LogP contribution in [0, 0.1) is 13.8 Å². The standard InChI is InChI=1S/C35H29N3O4S2/c1-4-42-34(41)25-15-17-27(18-16-25)37-22(2)19-28(23(37)3)30(39)21-44-35-36-32-31(29(20-43-32)24-11-7-5-8-12-24)33(40)38(35)26-13-9-6-10-14-26/h5-20H,4,21H2,1-3H3. The Morgan fingerprint density at radius 3 is 2.23 bits per heavy atom. The molecule has 3 aromatic heterocycles. The van der Waals surface area contributed by atoms with E-state index in [1.54, 1.807) is 23.6 Å². The molecule has 6 rings (SSSR count). The molecule has 220 valence electrons. The normalized spacial score (nSPS) is 11.2. The van der Waals surface area contributed by atoms with E-state index in [1.807, 2.05) is 103 Å². The van der Waals surface area contributed by atoms with Gasteiger partial charge in [-0.1, -0.05) is 60.3 Å². The molecule has 0 aliphatic heterocycles. The number of thioether (sulfide) groups is 1. The van der Waals surface area contributed by atoms with Crippen molar-refractivity contribution in [2.45, 2.75) is 25.9 Å². The number of para-hydroxylation sites is 1. The summed E-state index contributed by atoms with van der Waals surface area (Å²) in [5.74, 6) is -0.330. The molecule has 0 fully saturated rings. The number of hydrogen-bond acceptors (Lipinski definition) is 7. The second kappa shape index (κ2) is 12.5. The molecule has 3 heterocycles.